The SMILES string of the molecule is CC1(NCCn2ccccc2=O)CC(O)C1. The van der Waals surface area contributed by atoms with Crippen molar-refractivity contribution in [3.05, 3.63) is 34.7 Å². The first kappa shape index (κ1) is 11.4. The number of aliphatic hydroxyl groups is 1. The molecule has 0 saturated heterocycles. The maximum atomic E-state index is 11.4. The highest BCUT2D eigenvalue weighted by Gasteiger charge is 2.38. The molecule has 4 nitrogen and oxygen atoms in total. The Morgan fingerprint density at radius 1 is 1.56 bits per heavy atom. The molecular weight excluding hydrogens is 204 g/mol. The molecule has 1 saturated carbocycles. The Morgan fingerprint density at radius 3 is 2.94 bits per heavy atom. The second-order valence-corrected chi connectivity index (χ2v) is 4.78. The molecule has 1 aliphatic rings. The normalized spacial score (nSPS) is 28.8. The van der Waals surface area contributed by atoms with Crippen molar-refractivity contribution in [1.29, 1.82) is 0 Å². The van der Waals surface area contributed by atoms with E-state index in [9.17, 15) is 9.90 Å². The Balaban J connectivity index is 1.81. The minimum Gasteiger partial charge on any atom is -0.393 e. The molecule has 0 aromatic carbocycles. The van der Waals surface area contributed by atoms with E-state index in [4.69, 9.17) is 0 Å². The molecule has 4 heteroatoms. The average molecular weight is 222 g/mol. The van der Waals surface area contributed by atoms with E-state index >= 15 is 0 Å². The summed E-state index contributed by atoms with van der Waals surface area (Å²) in [5, 5.41) is 12.6. The quantitative estimate of drug-likeness (QED) is 0.773. The molecular formula is C12H18N2O2. The molecule has 1 aromatic rings. The van der Waals surface area contributed by atoms with Gasteiger partial charge in [-0.15, -0.1) is 0 Å². The number of nitrogens with zero attached hydrogens (tertiary/aromatic N) is 1. The summed E-state index contributed by atoms with van der Waals surface area (Å²) >= 11 is 0. The van der Waals surface area contributed by atoms with E-state index in [1.165, 1.54) is 0 Å². The fourth-order valence-electron chi connectivity index (χ4n) is 2.25. The average Bonchev–Trinajstić information content (AvgIpc) is 2.19. The minimum atomic E-state index is -0.156. The van der Waals surface area contributed by atoms with Gasteiger partial charge >= 0.3 is 0 Å². The second-order valence-electron chi connectivity index (χ2n) is 4.78. The highest BCUT2D eigenvalue weighted by Crippen LogP contribution is 2.31. The highest BCUT2D eigenvalue weighted by atomic mass is 16.3. The standard InChI is InChI=1S/C12H18N2O2/c1-12(8-10(15)9-12)13-5-7-14-6-3-2-4-11(14)16/h2-4,6,10,13,15H,5,7-9H2,1H3. The van der Waals surface area contributed by atoms with Crippen LogP contribution in [0.25, 0.3) is 0 Å². The first-order valence-electron chi connectivity index (χ1n) is 5.68. The monoisotopic (exact) mass is 222 g/mol. The van der Waals surface area contributed by atoms with E-state index in [1.54, 1.807) is 22.9 Å². The van der Waals surface area contributed by atoms with Crippen LogP contribution in [0.2, 0.25) is 0 Å². The van der Waals surface area contributed by atoms with E-state index < -0.39 is 0 Å². The Bertz CT molecular complexity index is 407. The number of hydrogen-bond acceptors (Lipinski definition) is 3. The second kappa shape index (κ2) is 4.39. The summed E-state index contributed by atoms with van der Waals surface area (Å²) in [7, 11) is 0. The first-order chi connectivity index (χ1) is 7.59. The lowest BCUT2D eigenvalue weighted by Crippen LogP contribution is -2.56. The summed E-state index contributed by atoms with van der Waals surface area (Å²) in [6, 6.07) is 5.17. The van der Waals surface area contributed by atoms with Gasteiger partial charge in [-0.1, -0.05) is 6.07 Å². The van der Waals surface area contributed by atoms with Crippen LogP contribution < -0.4 is 10.9 Å². The third-order valence-corrected chi connectivity index (χ3v) is 3.18. The number of aromatic nitrogens is 1. The zero-order chi connectivity index (χ0) is 11.6. The van der Waals surface area contributed by atoms with Crippen LogP contribution in [0.4, 0.5) is 0 Å². The molecule has 0 aliphatic heterocycles. The summed E-state index contributed by atoms with van der Waals surface area (Å²) in [6.07, 6.45) is 3.24. The molecule has 1 fully saturated rings. The topological polar surface area (TPSA) is 54.3 Å². The first-order valence-corrected chi connectivity index (χ1v) is 5.68. The number of nitrogens with one attached hydrogen (secondary N) is 1. The molecule has 0 radical (unpaired) electrons. The van der Waals surface area contributed by atoms with Crippen LogP contribution in [0.1, 0.15) is 19.8 Å². The Morgan fingerprint density at radius 2 is 2.31 bits per heavy atom. The third-order valence-electron chi connectivity index (χ3n) is 3.18. The fraction of sp³-hybridized carbons (Fsp3) is 0.583. The van der Waals surface area contributed by atoms with Crippen LogP contribution in [-0.2, 0) is 6.54 Å². The Labute approximate surface area is 94.9 Å². The van der Waals surface area contributed by atoms with E-state index in [-0.39, 0.29) is 17.2 Å². The molecule has 0 atom stereocenters. The van der Waals surface area contributed by atoms with Gasteiger partial charge in [-0.25, -0.2) is 0 Å². The molecule has 16 heavy (non-hydrogen) atoms. The summed E-state index contributed by atoms with van der Waals surface area (Å²) in [5.74, 6) is 0. The molecule has 0 bridgehead atoms. The maximum Gasteiger partial charge on any atom is 0.250 e. The lowest BCUT2D eigenvalue weighted by atomic mass is 9.76. The summed E-state index contributed by atoms with van der Waals surface area (Å²) in [5.41, 5.74) is 0.0840. The molecule has 0 amide bonds. The van der Waals surface area contributed by atoms with Crippen LogP contribution >= 0.6 is 0 Å². The van der Waals surface area contributed by atoms with Crippen molar-refractivity contribution in [2.24, 2.45) is 0 Å². The molecule has 0 spiro atoms. The van der Waals surface area contributed by atoms with Crippen LogP contribution in [0.3, 0.4) is 0 Å². The number of aliphatic hydroxyl groups excluding tert-OH is 1. The van der Waals surface area contributed by atoms with Crippen molar-refractivity contribution in [2.75, 3.05) is 6.54 Å². The van der Waals surface area contributed by atoms with E-state index in [2.05, 4.69) is 12.2 Å². The van der Waals surface area contributed by atoms with Gasteiger partial charge in [0.05, 0.1) is 6.10 Å². The number of hydrogen-bond donors (Lipinski definition) is 2. The van der Waals surface area contributed by atoms with Crippen LogP contribution in [0.15, 0.2) is 29.2 Å². The highest BCUT2D eigenvalue weighted by molar-refractivity contribution is 4.98. The van der Waals surface area contributed by atoms with Gasteiger partial charge in [0.15, 0.2) is 0 Å². The zero-order valence-electron chi connectivity index (χ0n) is 9.52. The Kier molecular flexibility index (Phi) is 3.12. The summed E-state index contributed by atoms with van der Waals surface area (Å²) in [4.78, 5) is 11.4. The lowest BCUT2D eigenvalue weighted by Gasteiger charge is -2.43. The zero-order valence-corrected chi connectivity index (χ0v) is 9.52. The van der Waals surface area contributed by atoms with Crippen molar-refractivity contribution in [3.63, 3.8) is 0 Å². The van der Waals surface area contributed by atoms with E-state index in [0.29, 0.717) is 6.54 Å². The number of pyridine rings is 1. The molecule has 2 rings (SSSR count). The molecule has 2 N–H and O–H groups in total. The van der Waals surface area contributed by atoms with E-state index in [0.717, 1.165) is 19.4 Å². The molecule has 1 aliphatic carbocycles. The van der Waals surface area contributed by atoms with Gasteiger partial charge in [-0.05, 0) is 25.8 Å². The Hall–Kier alpha value is -1.13. The summed E-state index contributed by atoms with van der Waals surface area (Å²) < 4.78 is 1.69. The molecule has 88 valence electrons. The fourth-order valence-corrected chi connectivity index (χ4v) is 2.25. The van der Waals surface area contributed by atoms with Crippen molar-refractivity contribution >= 4 is 0 Å². The van der Waals surface area contributed by atoms with Gasteiger partial charge in [0, 0.05) is 30.9 Å². The minimum absolute atomic E-state index is 0.0306. The van der Waals surface area contributed by atoms with Gasteiger partial charge in [-0.3, -0.25) is 4.79 Å². The smallest absolute Gasteiger partial charge is 0.250 e. The van der Waals surface area contributed by atoms with Gasteiger partial charge in [0.25, 0.3) is 5.56 Å². The van der Waals surface area contributed by atoms with Crippen molar-refractivity contribution in [3.8, 4) is 0 Å². The molecule has 1 aromatic heterocycles. The maximum absolute atomic E-state index is 11.4. The molecule has 0 unspecified atom stereocenters. The predicted molar refractivity (Wildman–Crippen MR) is 62.4 cm³/mol. The van der Waals surface area contributed by atoms with Gasteiger partial charge in [0.2, 0.25) is 0 Å². The molecule has 1 heterocycles. The van der Waals surface area contributed by atoms with Crippen molar-refractivity contribution < 1.29 is 5.11 Å². The van der Waals surface area contributed by atoms with E-state index in [1.807, 2.05) is 6.07 Å². The van der Waals surface area contributed by atoms with Crippen molar-refractivity contribution in [1.82, 2.24) is 9.88 Å². The van der Waals surface area contributed by atoms with Crippen LogP contribution in [0.5, 0.6) is 0 Å². The lowest BCUT2D eigenvalue weighted by molar-refractivity contribution is 0.0116. The van der Waals surface area contributed by atoms with Gasteiger partial charge < -0.3 is 15.0 Å². The van der Waals surface area contributed by atoms with Gasteiger partial charge in [-0.2, -0.15) is 0 Å². The number of rotatable bonds is 4. The largest absolute Gasteiger partial charge is 0.393 e. The van der Waals surface area contributed by atoms with Crippen LogP contribution in [0, 0.1) is 0 Å². The third kappa shape index (κ3) is 2.51. The summed E-state index contributed by atoms with van der Waals surface area (Å²) in [6.45, 7) is 3.53. The van der Waals surface area contributed by atoms with Crippen molar-refractivity contribution in [2.45, 2.75) is 38.0 Å². The predicted octanol–water partition coefficient (Wildman–Crippen LogP) is 0.351. The van der Waals surface area contributed by atoms with Gasteiger partial charge in [0.1, 0.15) is 0 Å². The van der Waals surface area contributed by atoms with Crippen LogP contribution in [-0.4, -0.2) is 27.9 Å².